The summed E-state index contributed by atoms with van der Waals surface area (Å²) in [6.07, 6.45) is 4.67. The first-order valence-corrected chi connectivity index (χ1v) is 10.3. The Kier molecular flexibility index (Phi) is 8.30. The number of H-pyrrole nitrogens is 1. The average molecular weight is 520 g/mol. The summed E-state index contributed by atoms with van der Waals surface area (Å²) in [7, 11) is 0. The summed E-state index contributed by atoms with van der Waals surface area (Å²) in [5, 5.41) is 10.6. The SMILES string of the molecule is CCNC(=NCCc1nc(-c2ccco2)n[nH]1)N1CCC(Cc2ccccc2)C1.I. The van der Waals surface area contributed by atoms with Crippen LogP contribution in [0.15, 0.2) is 58.1 Å². The van der Waals surface area contributed by atoms with Gasteiger partial charge in [0.2, 0.25) is 5.82 Å². The molecule has 3 heterocycles. The molecule has 30 heavy (non-hydrogen) atoms. The van der Waals surface area contributed by atoms with E-state index in [0.717, 1.165) is 37.8 Å². The van der Waals surface area contributed by atoms with Crippen LogP contribution in [0.3, 0.4) is 0 Å². The Bertz CT molecular complexity index is 909. The van der Waals surface area contributed by atoms with Gasteiger partial charge < -0.3 is 14.6 Å². The highest BCUT2D eigenvalue weighted by molar-refractivity contribution is 14.0. The maximum absolute atomic E-state index is 5.34. The Balaban J connectivity index is 0.00000256. The number of aromatic amines is 1. The van der Waals surface area contributed by atoms with E-state index < -0.39 is 0 Å². The highest BCUT2D eigenvalue weighted by atomic mass is 127. The molecule has 0 saturated carbocycles. The van der Waals surface area contributed by atoms with E-state index in [1.807, 2.05) is 12.1 Å². The minimum Gasteiger partial charge on any atom is -0.461 e. The first kappa shape index (κ1) is 22.3. The Hall–Kier alpha value is -2.36. The van der Waals surface area contributed by atoms with Crippen LogP contribution < -0.4 is 5.32 Å². The predicted molar refractivity (Wildman–Crippen MR) is 129 cm³/mol. The number of furan rings is 1. The maximum Gasteiger partial charge on any atom is 0.216 e. The lowest BCUT2D eigenvalue weighted by molar-refractivity contribution is 0.460. The van der Waals surface area contributed by atoms with Crippen molar-refractivity contribution in [2.24, 2.45) is 10.9 Å². The Labute approximate surface area is 194 Å². The summed E-state index contributed by atoms with van der Waals surface area (Å²) in [5.74, 6) is 3.75. The molecule has 7 nitrogen and oxygen atoms in total. The zero-order valence-electron chi connectivity index (χ0n) is 17.3. The van der Waals surface area contributed by atoms with Crippen molar-refractivity contribution in [3.63, 3.8) is 0 Å². The van der Waals surface area contributed by atoms with Gasteiger partial charge in [0.25, 0.3) is 0 Å². The average Bonchev–Trinajstić information content (AvgIpc) is 3.50. The Morgan fingerprint density at radius 3 is 2.90 bits per heavy atom. The summed E-state index contributed by atoms with van der Waals surface area (Å²) in [6, 6.07) is 14.4. The van der Waals surface area contributed by atoms with Gasteiger partial charge in [-0.15, -0.1) is 24.0 Å². The summed E-state index contributed by atoms with van der Waals surface area (Å²) in [4.78, 5) is 11.7. The van der Waals surface area contributed by atoms with Gasteiger partial charge in [-0.05, 0) is 43.4 Å². The van der Waals surface area contributed by atoms with Crippen molar-refractivity contribution in [1.29, 1.82) is 0 Å². The quantitative estimate of drug-likeness (QED) is 0.282. The van der Waals surface area contributed by atoms with Gasteiger partial charge in [0.05, 0.1) is 6.26 Å². The second kappa shape index (κ2) is 11.1. The molecule has 160 valence electrons. The Morgan fingerprint density at radius 1 is 1.27 bits per heavy atom. The molecule has 1 aliphatic heterocycles. The van der Waals surface area contributed by atoms with Crippen LogP contribution in [0.25, 0.3) is 11.6 Å². The molecule has 1 aliphatic rings. The van der Waals surface area contributed by atoms with Crippen molar-refractivity contribution in [3.8, 4) is 11.6 Å². The van der Waals surface area contributed by atoms with Crippen LogP contribution in [0.4, 0.5) is 0 Å². The molecule has 1 fully saturated rings. The van der Waals surface area contributed by atoms with Crippen LogP contribution in [-0.4, -0.2) is 52.2 Å². The first-order valence-electron chi connectivity index (χ1n) is 10.3. The molecule has 3 aromatic rings. The van der Waals surface area contributed by atoms with E-state index in [-0.39, 0.29) is 24.0 Å². The minimum absolute atomic E-state index is 0. The van der Waals surface area contributed by atoms with Crippen molar-refractivity contribution in [1.82, 2.24) is 25.4 Å². The lowest BCUT2D eigenvalue weighted by Gasteiger charge is -2.21. The van der Waals surface area contributed by atoms with Gasteiger partial charge in [-0.3, -0.25) is 10.1 Å². The normalized spacial score (nSPS) is 16.5. The molecule has 0 amide bonds. The molecule has 1 unspecified atom stereocenters. The van der Waals surface area contributed by atoms with Crippen LogP contribution in [0.2, 0.25) is 0 Å². The van der Waals surface area contributed by atoms with Gasteiger partial charge in [-0.2, -0.15) is 5.10 Å². The largest absolute Gasteiger partial charge is 0.461 e. The van der Waals surface area contributed by atoms with Gasteiger partial charge in [0, 0.05) is 32.6 Å². The van der Waals surface area contributed by atoms with Crippen LogP contribution in [0.5, 0.6) is 0 Å². The number of hydrogen-bond acceptors (Lipinski definition) is 4. The number of nitrogens with one attached hydrogen (secondary N) is 2. The van der Waals surface area contributed by atoms with E-state index in [9.17, 15) is 0 Å². The fourth-order valence-corrected chi connectivity index (χ4v) is 3.76. The number of nitrogens with zero attached hydrogens (tertiary/aromatic N) is 4. The van der Waals surface area contributed by atoms with E-state index in [0.29, 0.717) is 30.5 Å². The second-order valence-electron chi connectivity index (χ2n) is 7.36. The van der Waals surface area contributed by atoms with Crippen LogP contribution in [-0.2, 0) is 12.8 Å². The molecule has 8 heteroatoms. The number of hydrogen-bond donors (Lipinski definition) is 2. The zero-order valence-corrected chi connectivity index (χ0v) is 19.6. The molecular weight excluding hydrogens is 491 g/mol. The van der Waals surface area contributed by atoms with Crippen molar-refractivity contribution in [2.75, 3.05) is 26.2 Å². The van der Waals surface area contributed by atoms with Gasteiger partial charge in [0.1, 0.15) is 5.82 Å². The van der Waals surface area contributed by atoms with E-state index in [2.05, 4.69) is 62.7 Å². The molecule has 2 aromatic heterocycles. The number of aromatic nitrogens is 3. The first-order chi connectivity index (χ1) is 14.3. The molecule has 4 rings (SSSR count). The molecular formula is C22H29IN6O. The monoisotopic (exact) mass is 520 g/mol. The van der Waals surface area contributed by atoms with Gasteiger partial charge in [-0.25, -0.2) is 4.98 Å². The molecule has 0 aliphatic carbocycles. The number of aliphatic imine (C=N–C) groups is 1. The standard InChI is InChI=1S/C22H28N6O.HI/c1-2-23-22(28-13-11-18(16-28)15-17-7-4-3-5-8-17)24-12-10-20-25-21(27-26-20)19-9-6-14-29-19;/h3-9,14,18H,2,10-13,15-16H2,1H3,(H,23,24)(H,25,26,27);1H. The third-order valence-electron chi connectivity index (χ3n) is 5.17. The summed E-state index contributed by atoms with van der Waals surface area (Å²) in [6.45, 7) is 5.73. The number of halogens is 1. The molecule has 1 saturated heterocycles. The van der Waals surface area contributed by atoms with Crippen molar-refractivity contribution in [3.05, 3.63) is 60.1 Å². The predicted octanol–water partition coefficient (Wildman–Crippen LogP) is 3.76. The number of rotatable bonds is 7. The van der Waals surface area contributed by atoms with E-state index >= 15 is 0 Å². The maximum atomic E-state index is 5.34. The number of guanidine groups is 1. The lowest BCUT2D eigenvalue weighted by Crippen LogP contribution is -2.40. The minimum atomic E-state index is 0. The van der Waals surface area contributed by atoms with Crippen molar-refractivity contribution in [2.45, 2.75) is 26.2 Å². The molecule has 0 bridgehead atoms. The fraction of sp³-hybridized carbons (Fsp3) is 0.409. The Morgan fingerprint density at radius 2 is 2.13 bits per heavy atom. The summed E-state index contributed by atoms with van der Waals surface area (Å²) < 4.78 is 5.34. The lowest BCUT2D eigenvalue weighted by atomic mass is 9.99. The van der Waals surface area contributed by atoms with Crippen LogP contribution >= 0.6 is 24.0 Å². The van der Waals surface area contributed by atoms with Gasteiger partial charge in [-0.1, -0.05) is 30.3 Å². The molecule has 2 N–H and O–H groups in total. The molecule has 1 aromatic carbocycles. The van der Waals surface area contributed by atoms with Crippen LogP contribution in [0.1, 0.15) is 24.7 Å². The second-order valence-corrected chi connectivity index (χ2v) is 7.36. The fourth-order valence-electron chi connectivity index (χ4n) is 3.76. The number of likely N-dealkylation sites (tertiary alicyclic amines) is 1. The third-order valence-corrected chi connectivity index (χ3v) is 5.17. The van der Waals surface area contributed by atoms with E-state index in [1.165, 1.54) is 12.0 Å². The summed E-state index contributed by atoms with van der Waals surface area (Å²) >= 11 is 0. The van der Waals surface area contributed by atoms with Crippen molar-refractivity contribution >= 4 is 29.9 Å². The van der Waals surface area contributed by atoms with Crippen LogP contribution in [0, 0.1) is 5.92 Å². The number of benzene rings is 1. The highest BCUT2D eigenvalue weighted by Crippen LogP contribution is 2.21. The van der Waals surface area contributed by atoms with Crippen molar-refractivity contribution < 1.29 is 4.42 Å². The van der Waals surface area contributed by atoms with E-state index in [4.69, 9.17) is 9.41 Å². The third kappa shape index (κ3) is 5.84. The van der Waals surface area contributed by atoms with Gasteiger partial charge >= 0.3 is 0 Å². The highest BCUT2D eigenvalue weighted by Gasteiger charge is 2.24. The topological polar surface area (TPSA) is 82.3 Å². The van der Waals surface area contributed by atoms with E-state index in [1.54, 1.807) is 6.26 Å². The molecule has 1 atom stereocenters. The molecule has 0 radical (unpaired) electrons. The smallest absolute Gasteiger partial charge is 0.216 e. The molecule has 0 spiro atoms. The van der Waals surface area contributed by atoms with Gasteiger partial charge in [0.15, 0.2) is 11.7 Å². The zero-order chi connectivity index (χ0) is 19.9. The summed E-state index contributed by atoms with van der Waals surface area (Å²) in [5.41, 5.74) is 1.42.